The van der Waals surface area contributed by atoms with Crippen LogP contribution in [0.5, 0.6) is 0 Å². The Morgan fingerprint density at radius 2 is 2.10 bits per heavy atom. The molecule has 1 unspecified atom stereocenters. The Morgan fingerprint density at radius 1 is 1.43 bits per heavy atom. The third kappa shape index (κ3) is 2.96. The molecule has 5 nitrogen and oxygen atoms in total. The first-order chi connectivity index (χ1) is 9.63. The number of nitrogens with zero attached hydrogens (tertiary/aromatic N) is 2. The van der Waals surface area contributed by atoms with Crippen molar-refractivity contribution in [2.75, 3.05) is 0 Å². The van der Waals surface area contributed by atoms with Crippen LogP contribution in [0.3, 0.4) is 0 Å². The van der Waals surface area contributed by atoms with E-state index in [4.69, 9.17) is 16.7 Å². The van der Waals surface area contributed by atoms with Crippen molar-refractivity contribution in [3.8, 4) is 0 Å². The lowest BCUT2D eigenvalue weighted by Crippen LogP contribution is -2.59. The van der Waals surface area contributed by atoms with Crippen LogP contribution in [0.25, 0.3) is 5.65 Å². The lowest BCUT2D eigenvalue weighted by Gasteiger charge is -2.28. The van der Waals surface area contributed by atoms with Gasteiger partial charge in [-0.2, -0.15) is 13.2 Å². The molecule has 0 amide bonds. The predicted octanol–water partition coefficient (Wildman–Crippen LogP) is 2.48. The zero-order valence-electron chi connectivity index (χ0n) is 10.8. The molecule has 2 heterocycles. The number of fused-ring (bicyclic) bond motifs is 1. The number of hydrogen-bond donors (Lipinski definition) is 2. The van der Waals surface area contributed by atoms with Crippen LogP contribution in [0.4, 0.5) is 13.2 Å². The van der Waals surface area contributed by atoms with Crippen LogP contribution < -0.4 is 5.32 Å². The van der Waals surface area contributed by atoms with Gasteiger partial charge in [-0.05, 0) is 19.1 Å². The fourth-order valence-electron chi connectivity index (χ4n) is 1.67. The summed E-state index contributed by atoms with van der Waals surface area (Å²) in [7, 11) is 0. The molecule has 0 spiro atoms. The molecule has 0 bridgehead atoms. The first-order valence-corrected chi connectivity index (χ1v) is 6.19. The molecule has 0 aromatic carbocycles. The molecule has 0 aliphatic rings. The lowest BCUT2D eigenvalue weighted by atomic mass is 10.0. The maximum absolute atomic E-state index is 12.8. The van der Waals surface area contributed by atoms with Crippen molar-refractivity contribution in [3.63, 3.8) is 0 Å². The molecule has 2 aromatic heterocycles. The minimum atomic E-state index is -4.93. The summed E-state index contributed by atoms with van der Waals surface area (Å²) in [5.74, 6) is -2.00. The van der Waals surface area contributed by atoms with E-state index in [2.05, 4.69) is 4.98 Å². The molecule has 0 saturated carbocycles. The molecule has 0 aliphatic carbocycles. The average Bonchev–Trinajstić information content (AvgIpc) is 2.76. The number of carboxylic acids is 1. The molecule has 0 radical (unpaired) electrons. The first kappa shape index (κ1) is 15.6. The van der Waals surface area contributed by atoms with Crippen molar-refractivity contribution < 1.29 is 23.1 Å². The number of halogens is 4. The molecule has 0 fully saturated rings. The molecule has 9 heteroatoms. The Balaban J connectivity index is 2.22. The normalized spacial score (nSPS) is 15.1. The smallest absolute Gasteiger partial charge is 0.417 e. The van der Waals surface area contributed by atoms with Crippen LogP contribution in [-0.4, -0.2) is 32.2 Å². The summed E-state index contributed by atoms with van der Waals surface area (Å²) in [6.45, 7) is 0.226. The SMILES string of the molecule is CC(NCc1cn2cc(Cl)ccc2n1)(C(=O)O)C(F)(F)F. The van der Waals surface area contributed by atoms with Crippen LogP contribution in [0.1, 0.15) is 12.6 Å². The third-order valence-corrected chi connectivity index (χ3v) is 3.31. The van der Waals surface area contributed by atoms with Gasteiger partial charge in [0.25, 0.3) is 0 Å². The van der Waals surface area contributed by atoms with E-state index < -0.39 is 17.7 Å². The maximum Gasteiger partial charge on any atom is 0.417 e. The third-order valence-electron chi connectivity index (χ3n) is 3.08. The van der Waals surface area contributed by atoms with Gasteiger partial charge in [-0.1, -0.05) is 11.6 Å². The first-order valence-electron chi connectivity index (χ1n) is 5.82. The summed E-state index contributed by atoms with van der Waals surface area (Å²) in [6.07, 6.45) is -1.90. The standard InChI is InChI=1S/C12H11ClF3N3O2/c1-11(10(20)21,12(14,15)16)17-4-8-6-19-5-7(13)2-3-9(19)18-8/h2-3,5-6,17H,4H2,1H3,(H,20,21). The van der Waals surface area contributed by atoms with Crippen LogP contribution >= 0.6 is 11.6 Å². The Hall–Kier alpha value is -1.80. The van der Waals surface area contributed by atoms with Crippen molar-refractivity contribution in [2.24, 2.45) is 0 Å². The average molecular weight is 322 g/mol. The number of rotatable bonds is 4. The Bertz CT molecular complexity index is 686. The Morgan fingerprint density at radius 3 is 2.67 bits per heavy atom. The Labute approximate surface area is 122 Å². The lowest BCUT2D eigenvalue weighted by molar-refractivity contribution is -0.206. The van der Waals surface area contributed by atoms with E-state index in [1.165, 1.54) is 6.20 Å². The fourth-order valence-corrected chi connectivity index (χ4v) is 1.83. The quantitative estimate of drug-likeness (QED) is 0.908. The van der Waals surface area contributed by atoms with Crippen molar-refractivity contribution >= 4 is 23.2 Å². The van der Waals surface area contributed by atoms with E-state index in [-0.39, 0.29) is 12.2 Å². The second-order valence-electron chi connectivity index (χ2n) is 4.63. The number of imidazole rings is 1. The zero-order chi connectivity index (χ0) is 15.8. The molecule has 2 N–H and O–H groups in total. The highest BCUT2D eigenvalue weighted by molar-refractivity contribution is 6.30. The molecular formula is C12H11ClF3N3O2. The van der Waals surface area contributed by atoms with E-state index in [1.54, 1.807) is 22.7 Å². The van der Waals surface area contributed by atoms with E-state index >= 15 is 0 Å². The monoisotopic (exact) mass is 321 g/mol. The summed E-state index contributed by atoms with van der Waals surface area (Å²) in [5, 5.41) is 11.2. The van der Waals surface area contributed by atoms with Crippen molar-refractivity contribution in [1.29, 1.82) is 0 Å². The highest BCUT2D eigenvalue weighted by Gasteiger charge is 2.57. The molecule has 114 valence electrons. The number of aliphatic carboxylic acids is 1. The highest BCUT2D eigenvalue weighted by Crippen LogP contribution is 2.30. The van der Waals surface area contributed by atoms with E-state index in [9.17, 15) is 18.0 Å². The van der Waals surface area contributed by atoms with E-state index in [1.807, 2.05) is 5.32 Å². The molecule has 0 saturated heterocycles. The summed E-state index contributed by atoms with van der Waals surface area (Å²) in [6, 6.07) is 3.20. The van der Waals surface area contributed by atoms with Crippen LogP contribution in [0.2, 0.25) is 5.02 Å². The fraction of sp³-hybridized carbons (Fsp3) is 0.333. The zero-order valence-corrected chi connectivity index (χ0v) is 11.5. The number of carboxylic acid groups (broad SMARTS) is 1. The predicted molar refractivity (Wildman–Crippen MR) is 69.1 cm³/mol. The number of aromatic nitrogens is 2. The summed E-state index contributed by atoms with van der Waals surface area (Å²) < 4.78 is 40.0. The van der Waals surface area contributed by atoms with Crippen LogP contribution in [0.15, 0.2) is 24.5 Å². The van der Waals surface area contributed by atoms with Gasteiger partial charge < -0.3 is 9.51 Å². The van der Waals surface area contributed by atoms with Crippen molar-refractivity contribution in [2.45, 2.75) is 25.2 Å². The van der Waals surface area contributed by atoms with Crippen LogP contribution in [0, 0.1) is 0 Å². The number of alkyl halides is 3. The molecular weight excluding hydrogens is 311 g/mol. The second-order valence-corrected chi connectivity index (χ2v) is 5.06. The van der Waals surface area contributed by atoms with Gasteiger partial charge in [0.2, 0.25) is 5.54 Å². The Kier molecular flexibility index (Phi) is 3.85. The van der Waals surface area contributed by atoms with Crippen molar-refractivity contribution in [3.05, 3.63) is 35.2 Å². The van der Waals surface area contributed by atoms with E-state index in [0.717, 1.165) is 0 Å². The molecule has 0 aliphatic heterocycles. The summed E-state index contributed by atoms with van der Waals surface area (Å²) >= 11 is 5.79. The van der Waals surface area contributed by atoms with E-state index in [0.29, 0.717) is 17.6 Å². The highest BCUT2D eigenvalue weighted by atomic mass is 35.5. The van der Waals surface area contributed by atoms with Gasteiger partial charge in [-0.25, -0.2) is 9.78 Å². The second kappa shape index (κ2) is 5.19. The van der Waals surface area contributed by atoms with Gasteiger partial charge in [-0.15, -0.1) is 0 Å². The van der Waals surface area contributed by atoms with Gasteiger partial charge in [-0.3, -0.25) is 5.32 Å². The van der Waals surface area contributed by atoms with Crippen LogP contribution in [-0.2, 0) is 11.3 Å². The topological polar surface area (TPSA) is 66.6 Å². The molecule has 2 aromatic rings. The number of nitrogens with one attached hydrogen (secondary N) is 1. The van der Waals surface area contributed by atoms with Gasteiger partial charge in [0.1, 0.15) is 5.65 Å². The summed E-state index contributed by atoms with van der Waals surface area (Å²) in [5.41, 5.74) is -2.27. The summed E-state index contributed by atoms with van der Waals surface area (Å²) in [4.78, 5) is 15.0. The van der Waals surface area contributed by atoms with Gasteiger partial charge in [0.05, 0.1) is 10.7 Å². The molecule has 2 rings (SSSR count). The van der Waals surface area contributed by atoms with Gasteiger partial charge in [0, 0.05) is 18.9 Å². The maximum atomic E-state index is 12.8. The number of carbonyl (C=O) groups is 1. The number of hydrogen-bond acceptors (Lipinski definition) is 3. The molecule has 21 heavy (non-hydrogen) atoms. The van der Waals surface area contributed by atoms with Gasteiger partial charge in [0.15, 0.2) is 0 Å². The minimum absolute atomic E-state index is 0.272. The minimum Gasteiger partial charge on any atom is -0.480 e. The number of pyridine rings is 1. The van der Waals surface area contributed by atoms with Crippen molar-refractivity contribution in [1.82, 2.24) is 14.7 Å². The largest absolute Gasteiger partial charge is 0.480 e. The molecule has 1 atom stereocenters. The van der Waals surface area contributed by atoms with Gasteiger partial charge >= 0.3 is 12.1 Å².